The Morgan fingerprint density at radius 1 is 0.711 bits per heavy atom. The summed E-state index contributed by atoms with van der Waals surface area (Å²) in [5.41, 5.74) is 2.35. The maximum atomic E-state index is 14.7. The number of likely N-dealkylation sites (tertiary alicyclic amines) is 1. The molecule has 1 amide bonds. The van der Waals surface area contributed by atoms with Crippen LogP contribution in [0.2, 0.25) is 0 Å². The summed E-state index contributed by atoms with van der Waals surface area (Å²) < 4.78 is 14.0. The van der Waals surface area contributed by atoms with Crippen molar-refractivity contribution in [2.75, 3.05) is 6.54 Å². The lowest BCUT2D eigenvalue weighted by molar-refractivity contribution is -0.247. The molecule has 4 heteroatoms. The van der Waals surface area contributed by atoms with E-state index in [4.69, 9.17) is 9.47 Å². The van der Waals surface area contributed by atoms with Crippen molar-refractivity contribution in [1.82, 2.24) is 4.90 Å². The molecule has 0 spiro atoms. The van der Waals surface area contributed by atoms with Gasteiger partial charge in [0.25, 0.3) is 0 Å². The van der Waals surface area contributed by atoms with Crippen molar-refractivity contribution < 1.29 is 14.3 Å². The van der Waals surface area contributed by atoms with Gasteiger partial charge in [-0.25, -0.2) is 0 Å². The Bertz CT molecular complexity index is 1450. The Hall–Kier alpha value is -4.15. The topological polar surface area (TPSA) is 38.8 Å². The Morgan fingerprint density at radius 3 is 1.87 bits per heavy atom. The van der Waals surface area contributed by atoms with E-state index in [2.05, 4.69) is 42.5 Å². The summed E-state index contributed by atoms with van der Waals surface area (Å²) in [5, 5.41) is 0. The van der Waals surface area contributed by atoms with Crippen LogP contribution in [-0.2, 0) is 26.4 Å². The fraction of sp³-hybridized carbons (Fsp3) is 0.206. The Balaban J connectivity index is 1.39. The Morgan fingerprint density at radius 2 is 1.26 bits per heavy atom. The third-order valence-corrected chi connectivity index (χ3v) is 8.33. The highest BCUT2D eigenvalue weighted by Gasteiger charge is 2.75. The molecule has 188 valence electrons. The smallest absolute Gasteiger partial charge is 0.239 e. The molecular weight excluding hydrogens is 470 g/mol. The zero-order valence-corrected chi connectivity index (χ0v) is 21.1. The molecule has 3 aliphatic rings. The Labute approximate surface area is 223 Å². The van der Waals surface area contributed by atoms with Gasteiger partial charge in [-0.05, 0) is 22.8 Å². The van der Waals surface area contributed by atoms with E-state index in [0.717, 1.165) is 28.0 Å². The van der Waals surface area contributed by atoms with E-state index in [1.807, 2.05) is 89.8 Å². The molecular formula is C34H29NO3. The van der Waals surface area contributed by atoms with Gasteiger partial charge < -0.3 is 14.4 Å². The zero-order valence-electron chi connectivity index (χ0n) is 21.1. The van der Waals surface area contributed by atoms with Crippen molar-refractivity contribution in [3.8, 4) is 0 Å². The van der Waals surface area contributed by atoms with Crippen LogP contribution < -0.4 is 0 Å². The lowest BCUT2D eigenvalue weighted by atomic mass is 9.68. The van der Waals surface area contributed by atoms with Gasteiger partial charge in [-0.1, -0.05) is 121 Å². The molecule has 0 bridgehead atoms. The second kappa shape index (κ2) is 8.71. The molecule has 0 saturated carbocycles. The van der Waals surface area contributed by atoms with Crippen LogP contribution in [0.25, 0.3) is 5.76 Å². The highest BCUT2D eigenvalue weighted by Crippen LogP contribution is 2.66. The maximum absolute atomic E-state index is 14.7. The SMILES string of the molecule is O=C1N(Cc2ccccc2)CCC23OC(c4ccccc4)=CC12CC(c1ccccc1)(c1ccccc1)O3. The van der Waals surface area contributed by atoms with Crippen molar-refractivity contribution in [3.05, 3.63) is 150 Å². The molecule has 0 aromatic heterocycles. The van der Waals surface area contributed by atoms with E-state index in [9.17, 15) is 4.79 Å². The lowest BCUT2D eigenvalue weighted by Crippen LogP contribution is -2.59. The summed E-state index contributed by atoms with van der Waals surface area (Å²) in [6.45, 7) is 1.13. The predicted molar refractivity (Wildman–Crippen MR) is 147 cm³/mol. The first kappa shape index (κ1) is 23.0. The molecule has 7 rings (SSSR count). The van der Waals surface area contributed by atoms with Crippen LogP contribution >= 0.6 is 0 Å². The van der Waals surface area contributed by atoms with E-state index in [1.54, 1.807) is 0 Å². The van der Waals surface area contributed by atoms with Gasteiger partial charge in [0, 0.05) is 31.5 Å². The second-order valence-electron chi connectivity index (χ2n) is 10.5. The summed E-state index contributed by atoms with van der Waals surface area (Å²) in [6, 6.07) is 40.8. The molecule has 2 saturated heterocycles. The number of carbonyl (C=O) groups excluding carboxylic acids is 1. The first-order valence-corrected chi connectivity index (χ1v) is 13.3. The van der Waals surface area contributed by atoms with E-state index in [0.29, 0.717) is 25.9 Å². The maximum Gasteiger partial charge on any atom is 0.239 e. The minimum atomic E-state index is -1.09. The van der Waals surface area contributed by atoms with E-state index >= 15 is 0 Å². The number of rotatable bonds is 5. The number of hydrogen-bond donors (Lipinski definition) is 0. The molecule has 4 aromatic carbocycles. The Kier molecular flexibility index (Phi) is 5.27. The minimum Gasteiger partial charge on any atom is -0.460 e. The van der Waals surface area contributed by atoms with E-state index in [-0.39, 0.29) is 5.91 Å². The number of benzene rings is 4. The van der Waals surface area contributed by atoms with Gasteiger partial charge in [0.15, 0.2) is 0 Å². The van der Waals surface area contributed by atoms with Crippen LogP contribution in [0.4, 0.5) is 0 Å². The molecule has 4 nitrogen and oxygen atoms in total. The van der Waals surface area contributed by atoms with Gasteiger partial charge >= 0.3 is 0 Å². The van der Waals surface area contributed by atoms with Crippen molar-refractivity contribution in [2.24, 2.45) is 5.41 Å². The zero-order chi connectivity index (χ0) is 25.6. The van der Waals surface area contributed by atoms with Crippen LogP contribution in [0.3, 0.4) is 0 Å². The fourth-order valence-electron chi connectivity index (χ4n) is 6.53. The normalized spacial score (nSPS) is 25.3. The summed E-state index contributed by atoms with van der Waals surface area (Å²) in [4.78, 5) is 16.6. The predicted octanol–water partition coefficient (Wildman–Crippen LogP) is 6.54. The minimum absolute atomic E-state index is 0.0623. The summed E-state index contributed by atoms with van der Waals surface area (Å²) in [7, 11) is 0. The second-order valence-corrected chi connectivity index (χ2v) is 10.5. The number of nitrogens with zero attached hydrogens (tertiary/aromatic N) is 1. The molecule has 38 heavy (non-hydrogen) atoms. The summed E-state index contributed by atoms with van der Waals surface area (Å²) in [6.07, 6.45) is 3.11. The molecule has 4 aromatic rings. The number of ether oxygens (including phenoxy) is 2. The molecule has 2 fully saturated rings. The summed E-state index contributed by atoms with van der Waals surface area (Å²) in [5.74, 6) is -0.309. The van der Waals surface area contributed by atoms with Crippen LogP contribution in [0.15, 0.2) is 127 Å². The summed E-state index contributed by atoms with van der Waals surface area (Å²) >= 11 is 0. The van der Waals surface area contributed by atoms with Gasteiger partial charge in [0.1, 0.15) is 16.8 Å². The molecule has 3 aliphatic heterocycles. The number of amides is 1. The molecule has 0 N–H and O–H groups in total. The van der Waals surface area contributed by atoms with Crippen molar-refractivity contribution >= 4 is 11.7 Å². The quantitative estimate of drug-likeness (QED) is 0.313. The van der Waals surface area contributed by atoms with Crippen molar-refractivity contribution in [2.45, 2.75) is 30.8 Å². The number of piperidine rings is 1. The number of hydrogen-bond acceptors (Lipinski definition) is 3. The van der Waals surface area contributed by atoms with Crippen molar-refractivity contribution in [1.29, 1.82) is 0 Å². The van der Waals surface area contributed by atoms with Gasteiger partial charge in [0.05, 0.1) is 0 Å². The largest absolute Gasteiger partial charge is 0.460 e. The molecule has 2 unspecified atom stereocenters. The standard InChI is InChI=1S/C34H29NO3/c36-31-32-23-30(27-15-7-2-8-16-27)37-34(32,21-22-35(31)24-26-13-5-1-6-14-26)38-33(25-32,28-17-9-3-10-18-28)29-19-11-4-12-20-29/h1-20,23H,21-22,24-25H2. The highest BCUT2D eigenvalue weighted by atomic mass is 16.7. The van der Waals surface area contributed by atoms with Crippen LogP contribution in [-0.4, -0.2) is 23.1 Å². The molecule has 2 atom stereocenters. The monoisotopic (exact) mass is 499 g/mol. The fourth-order valence-corrected chi connectivity index (χ4v) is 6.53. The van der Waals surface area contributed by atoms with Crippen molar-refractivity contribution in [3.63, 3.8) is 0 Å². The van der Waals surface area contributed by atoms with E-state index < -0.39 is 16.8 Å². The first-order chi connectivity index (χ1) is 18.6. The first-order valence-electron chi connectivity index (χ1n) is 13.3. The van der Waals surface area contributed by atoms with Crippen LogP contribution in [0.5, 0.6) is 0 Å². The van der Waals surface area contributed by atoms with Gasteiger partial charge in [-0.15, -0.1) is 0 Å². The third-order valence-electron chi connectivity index (χ3n) is 8.33. The van der Waals surface area contributed by atoms with Crippen LogP contribution in [0, 0.1) is 5.41 Å². The van der Waals surface area contributed by atoms with Gasteiger partial charge in [-0.3, -0.25) is 4.79 Å². The average molecular weight is 500 g/mol. The van der Waals surface area contributed by atoms with Gasteiger partial charge in [-0.2, -0.15) is 0 Å². The third kappa shape index (κ3) is 3.37. The average Bonchev–Trinajstić information content (AvgIpc) is 3.47. The molecule has 0 aliphatic carbocycles. The number of carbonyl (C=O) groups is 1. The van der Waals surface area contributed by atoms with Crippen LogP contribution in [0.1, 0.15) is 35.1 Å². The lowest BCUT2D eigenvalue weighted by Gasteiger charge is -2.44. The van der Waals surface area contributed by atoms with E-state index in [1.165, 1.54) is 0 Å². The molecule has 3 heterocycles. The highest BCUT2D eigenvalue weighted by molar-refractivity contribution is 5.91. The van der Waals surface area contributed by atoms with Gasteiger partial charge in [0.2, 0.25) is 11.7 Å². The molecule has 0 radical (unpaired) electrons.